The van der Waals surface area contributed by atoms with Crippen LogP contribution in [0.3, 0.4) is 0 Å². The first-order valence-corrected chi connectivity index (χ1v) is 9.42. The summed E-state index contributed by atoms with van der Waals surface area (Å²) in [6, 6.07) is 9.77. The zero-order chi connectivity index (χ0) is 14.7. The second-order valence-electron chi connectivity index (χ2n) is 7.18. The zero-order valence-corrected chi connectivity index (χ0v) is 14.8. The molecule has 0 radical (unpaired) electrons. The van der Waals surface area contributed by atoms with Crippen LogP contribution in [-0.4, -0.2) is 32.2 Å². The van der Waals surface area contributed by atoms with Gasteiger partial charge in [-0.05, 0) is 30.9 Å². The van der Waals surface area contributed by atoms with Crippen molar-refractivity contribution in [2.75, 3.05) is 26.2 Å². The van der Waals surface area contributed by atoms with E-state index in [9.17, 15) is 0 Å². The molecule has 1 aromatic rings. The highest BCUT2D eigenvalue weighted by molar-refractivity contribution is 9.10. The Labute approximate surface area is 137 Å². The highest BCUT2D eigenvalue weighted by Gasteiger charge is 2.32. The fourth-order valence-corrected chi connectivity index (χ4v) is 4.70. The minimum atomic E-state index is 0.959. The molecule has 2 fully saturated rings. The summed E-state index contributed by atoms with van der Waals surface area (Å²) < 4.78 is 1.21. The van der Waals surface area contributed by atoms with E-state index in [0.29, 0.717) is 0 Å². The molecule has 0 amide bonds. The van der Waals surface area contributed by atoms with Gasteiger partial charge in [0.25, 0.3) is 0 Å². The average Bonchev–Trinajstić information content (AvgIpc) is 2.48. The van der Waals surface area contributed by atoms with E-state index >= 15 is 0 Å². The van der Waals surface area contributed by atoms with Crippen LogP contribution in [0.15, 0.2) is 28.7 Å². The van der Waals surface area contributed by atoms with Crippen molar-refractivity contribution >= 4 is 15.9 Å². The van der Waals surface area contributed by atoms with Gasteiger partial charge < -0.3 is 9.80 Å². The highest BCUT2D eigenvalue weighted by atomic mass is 79.9. The number of benzene rings is 1. The fourth-order valence-electron chi connectivity index (χ4n) is 4.25. The molecule has 2 N–H and O–H groups in total. The Balaban J connectivity index is 1.48. The van der Waals surface area contributed by atoms with Crippen LogP contribution in [0.25, 0.3) is 0 Å². The molecule has 2 nitrogen and oxygen atoms in total. The van der Waals surface area contributed by atoms with Gasteiger partial charge in [-0.1, -0.05) is 41.4 Å². The van der Waals surface area contributed by atoms with Crippen LogP contribution >= 0.6 is 15.9 Å². The third kappa shape index (κ3) is 4.30. The molecule has 1 heterocycles. The van der Waals surface area contributed by atoms with Crippen molar-refractivity contribution in [1.29, 1.82) is 0 Å². The first-order valence-electron chi connectivity index (χ1n) is 8.63. The summed E-state index contributed by atoms with van der Waals surface area (Å²) in [5, 5.41) is 0. The predicted molar refractivity (Wildman–Crippen MR) is 90.7 cm³/mol. The Kier molecular flexibility index (Phi) is 5.36. The Hall–Kier alpha value is -0.380. The second-order valence-corrected chi connectivity index (χ2v) is 8.10. The van der Waals surface area contributed by atoms with Crippen molar-refractivity contribution < 1.29 is 9.80 Å². The van der Waals surface area contributed by atoms with Crippen molar-refractivity contribution in [2.45, 2.75) is 45.2 Å². The summed E-state index contributed by atoms with van der Waals surface area (Å²) in [4.78, 5) is 3.67. The van der Waals surface area contributed by atoms with Crippen LogP contribution in [0.5, 0.6) is 0 Å². The number of hydrogen-bond donors (Lipinski definition) is 2. The molecule has 1 aliphatic heterocycles. The van der Waals surface area contributed by atoms with Crippen LogP contribution in [0, 0.1) is 5.92 Å². The number of quaternary nitrogens is 2. The summed E-state index contributed by atoms with van der Waals surface area (Å²) in [7, 11) is 0. The fraction of sp³-hybridized carbons (Fsp3) is 0.667. The van der Waals surface area contributed by atoms with E-state index < -0.39 is 0 Å². The number of piperazine rings is 1. The maximum Gasteiger partial charge on any atom is 0.127 e. The van der Waals surface area contributed by atoms with E-state index in [-0.39, 0.29) is 0 Å². The molecule has 2 atom stereocenters. The SMILES string of the molecule is C[C@H]1CCC[C@@H]([NH+]2CC[NH+](Cc3cccc(Br)c3)CC2)C1. The largest absolute Gasteiger partial charge is 0.323 e. The first kappa shape index (κ1) is 15.5. The lowest BCUT2D eigenvalue weighted by atomic mass is 9.86. The average molecular weight is 353 g/mol. The standard InChI is InChI=1S/C18H27BrN2/c1-15-4-2-7-18(12-15)21-10-8-20(9-11-21)14-16-5-3-6-17(19)13-16/h3,5-6,13,15,18H,2,4,7-12,14H2,1H3/p+2/t15-,18+/m0/s1. The van der Waals surface area contributed by atoms with Gasteiger partial charge in [0.05, 0.1) is 6.04 Å². The van der Waals surface area contributed by atoms with Crippen LogP contribution < -0.4 is 9.80 Å². The maximum atomic E-state index is 3.58. The molecule has 2 aliphatic rings. The molecule has 0 bridgehead atoms. The molecular formula is C18H29BrN2+2. The molecule has 1 saturated heterocycles. The van der Waals surface area contributed by atoms with E-state index in [1.54, 1.807) is 4.90 Å². The van der Waals surface area contributed by atoms with Gasteiger partial charge in [0.15, 0.2) is 0 Å². The molecule has 3 heteroatoms. The normalized spacial score (nSPS) is 33.8. The number of nitrogens with one attached hydrogen (secondary N) is 2. The number of rotatable bonds is 3. The number of halogens is 1. The highest BCUT2D eigenvalue weighted by Crippen LogP contribution is 2.21. The van der Waals surface area contributed by atoms with E-state index in [1.165, 1.54) is 68.4 Å². The lowest BCUT2D eigenvalue weighted by Crippen LogP contribution is -3.29. The van der Waals surface area contributed by atoms with Crippen LogP contribution in [0.1, 0.15) is 38.2 Å². The summed E-state index contributed by atoms with van der Waals surface area (Å²) >= 11 is 3.58. The third-order valence-electron chi connectivity index (χ3n) is 5.46. The van der Waals surface area contributed by atoms with E-state index in [0.717, 1.165) is 12.0 Å². The monoisotopic (exact) mass is 352 g/mol. The predicted octanol–water partition coefficient (Wildman–Crippen LogP) is 1.31. The van der Waals surface area contributed by atoms with Crippen molar-refractivity contribution in [3.05, 3.63) is 34.3 Å². The van der Waals surface area contributed by atoms with Crippen molar-refractivity contribution in [3.63, 3.8) is 0 Å². The molecule has 0 spiro atoms. The minimum Gasteiger partial charge on any atom is -0.323 e. The molecule has 1 saturated carbocycles. The van der Waals surface area contributed by atoms with Gasteiger partial charge in [0.1, 0.15) is 32.7 Å². The first-order chi connectivity index (χ1) is 10.2. The molecule has 1 aliphatic carbocycles. The Bertz CT molecular complexity index is 454. The minimum absolute atomic E-state index is 0.959. The van der Waals surface area contributed by atoms with Crippen molar-refractivity contribution in [2.24, 2.45) is 5.92 Å². The second kappa shape index (κ2) is 7.26. The molecular weight excluding hydrogens is 324 g/mol. The van der Waals surface area contributed by atoms with Crippen LogP contribution in [-0.2, 0) is 6.54 Å². The molecule has 0 aromatic heterocycles. The topological polar surface area (TPSA) is 8.88 Å². The summed E-state index contributed by atoms with van der Waals surface area (Å²) in [6.45, 7) is 9.06. The van der Waals surface area contributed by atoms with Gasteiger partial charge in [-0.3, -0.25) is 0 Å². The van der Waals surface area contributed by atoms with Gasteiger partial charge >= 0.3 is 0 Å². The van der Waals surface area contributed by atoms with Crippen molar-refractivity contribution in [1.82, 2.24) is 0 Å². The Morgan fingerprint density at radius 2 is 1.95 bits per heavy atom. The van der Waals surface area contributed by atoms with Gasteiger partial charge in [0, 0.05) is 16.5 Å². The van der Waals surface area contributed by atoms with Crippen molar-refractivity contribution in [3.8, 4) is 0 Å². The van der Waals surface area contributed by atoms with Crippen LogP contribution in [0.4, 0.5) is 0 Å². The molecule has 0 unspecified atom stereocenters. The maximum absolute atomic E-state index is 3.58. The molecule has 116 valence electrons. The number of hydrogen-bond acceptors (Lipinski definition) is 0. The molecule has 1 aromatic carbocycles. The zero-order valence-electron chi connectivity index (χ0n) is 13.2. The molecule has 21 heavy (non-hydrogen) atoms. The van der Waals surface area contributed by atoms with E-state index in [4.69, 9.17) is 0 Å². The van der Waals surface area contributed by atoms with Gasteiger partial charge in [-0.25, -0.2) is 0 Å². The van der Waals surface area contributed by atoms with E-state index in [2.05, 4.69) is 47.1 Å². The summed E-state index contributed by atoms with van der Waals surface area (Å²) in [5.74, 6) is 0.961. The Morgan fingerprint density at radius 1 is 1.14 bits per heavy atom. The van der Waals surface area contributed by atoms with E-state index in [1.807, 2.05) is 4.90 Å². The van der Waals surface area contributed by atoms with Gasteiger partial charge in [0.2, 0.25) is 0 Å². The summed E-state index contributed by atoms with van der Waals surface area (Å²) in [5.41, 5.74) is 1.47. The lowest BCUT2D eigenvalue weighted by Gasteiger charge is -2.37. The quantitative estimate of drug-likeness (QED) is 0.811. The third-order valence-corrected chi connectivity index (χ3v) is 5.95. The lowest BCUT2D eigenvalue weighted by molar-refractivity contribution is -1.03. The van der Waals surface area contributed by atoms with Gasteiger partial charge in [-0.15, -0.1) is 0 Å². The van der Waals surface area contributed by atoms with Gasteiger partial charge in [-0.2, -0.15) is 0 Å². The molecule has 3 rings (SSSR count). The Morgan fingerprint density at radius 3 is 2.67 bits per heavy atom. The van der Waals surface area contributed by atoms with Crippen LogP contribution in [0.2, 0.25) is 0 Å². The summed E-state index contributed by atoms with van der Waals surface area (Å²) in [6.07, 6.45) is 5.87. The smallest absolute Gasteiger partial charge is 0.127 e.